The minimum absolute atomic E-state index is 0.00850. The van der Waals surface area contributed by atoms with Crippen LogP contribution in [0.15, 0.2) is 6.07 Å². The Morgan fingerprint density at radius 2 is 0.661 bits per heavy atom. The summed E-state index contributed by atoms with van der Waals surface area (Å²) < 4.78 is 180. The van der Waals surface area contributed by atoms with Crippen LogP contribution in [0.25, 0.3) is 0 Å². The Bertz CT molecular complexity index is 2960. The van der Waals surface area contributed by atoms with E-state index in [1.807, 2.05) is 0 Å². The molecule has 7 rings (SSSR count). The number of anilines is 1. The van der Waals surface area contributed by atoms with E-state index in [4.69, 9.17) is 90.7 Å². The number of carbonyl (C=O) groups is 4. The van der Waals surface area contributed by atoms with E-state index in [0.717, 1.165) is 7.05 Å². The molecule has 0 aliphatic carbocycles. The average molecular weight is 1020 g/mol. The van der Waals surface area contributed by atoms with Gasteiger partial charge in [-0.25, -0.2) is 18.1 Å². The van der Waals surface area contributed by atoms with Crippen LogP contribution in [0.2, 0.25) is 35.2 Å². The molecule has 0 spiro atoms. The number of rotatable bonds is 7. The molecular formula is C35H4Cl7F11N2O7. The van der Waals surface area contributed by atoms with E-state index in [1.54, 1.807) is 0 Å². The Morgan fingerprint density at radius 1 is 0.371 bits per heavy atom. The van der Waals surface area contributed by atoms with Crippen molar-refractivity contribution in [2.24, 2.45) is 0 Å². The van der Waals surface area contributed by atoms with Crippen LogP contribution in [0.4, 0.5) is 54.0 Å². The highest BCUT2D eigenvalue weighted by Crippen LogP contribution is 2.53. The quantitative estimate of drug-likeness (QED) is 0.0692. The predicted octanol–water partition coefficient (Wildman–Crippen LogP) is 13.2. The zero-order chi connectivity index (χ0) is 46.0. The largest absolute Gasteiger partial charge is 0.448 e. The third-order valence-corrected chi connectivity index (χ3v) is 11.5. The lowest BCUT2D eigenvalue weighted by Crippen LogP contribution is -2.31. The van der Waals surface area contributed by atoms with Crippen molar-refractivity contribution in [2.45, 2.75) is 0 Å². The van der Waals surface area contributed by atoms with Crippen LogP contribution in [-0.2, 0) is 0 Å². The molecule has 0 unspecified atom stereocenters. The summed E-state index contributed by atoms with van der Waals surface area (Å²) in [6.07, 6.45) is 0. The molecule has 0 saturated carbocycles. The Labute approximate surface area is 369 Å². The second kappa shape index (κ2) is 15.7. The lowest BCUT2D eigenvalue weighted by Gasteiger charge is -2.18. The lowest BCUT2D eigenvalue weighted by atomic mass is 10.1. The van der Waals surface area contributed by atoms with Gasteiger partial charge in [0, 0.05) is 13.1 Å². The van der Waals surface area contributed by atoms with Crippen LogP contribution in [0.1, 0.15) is 41.4 Å². The first-order valence-electron chi connectivity index (χ1n) is 15.6. The topological polar surface area (TPSA) is 102 Å². The third-order valence-electron chi connectivity index (χ3n) is 8.72. The Kier molecular flexibility index (Phi) is 11.4. The minimum Gasteiger partial charge on any atom is -0.448 e. The molecule has 9 nitrogen and oxygen atoms in total. The number of amides is 4. The van der Waals surface area contributed by atoms with Crippen LogP contribution >= 0.6 is 81.2 Å². The normalized spacial score (nSPS) is 13.5. The first kappa shape index (κ1) is 45.1. The number of halogens is 18. The fourth-order valence-electron chi connectivity index (χ4n) is 5.82. The van der Waals surface area contributed by atoms with Crippen LogP contribution in [0.3, 0.4) is 0 Å². The molecule has 0 bridgehead atoms. The number of hydrogen-bond acceptors (Lipinski definition) is 7. The number of imide groups is 2. The van der Waals surface area contributed by atoms with Gasteiger partial charge in [-0.15, -0.1) is 0 Å². The zero-order valence-electron chi connectivity index (χ0n) is 28.6. The van der Waals surface area contributed by atoms with Crippen molar-refractivity contribution in [3.63, 3.8) is 0 Å². The van der Waals surface area contributed by atoms with Gasteiger partial charge in [0.05, 0.1) is 42.3 Å². The number of nitrogens with zero attached hydrogens (tertiary/aromatic N) is 2. The van der Waals surface area contributed by atoms with Crippen molar-refractivity contribution < 1.29 is 81.7 Å². The third kappa shape index (κ3) is 6.35. The van der Waals surface area contributed by atoms with Gasteiger partial charge in [0.15, 0.2) is 23.1 Å². The first-order chi connectivity index (χ1) is 28.9. The van der Waals surface area contributed by atoms with Crippen molar-refractivity contribution in [3.05, 3.63) is 127 Å². The molecule has 62 heavy (non-hydrogen) atoms. The molecule has 0 radical (unpaired) electrons. The van der Waals surface area contributed by atoms with Crippen LogP contribution < -0.4 is 19.1 Å². The van der Waals surface area contributed by atoms with E-state index >= 15 is 35.1 Å². The molecule has 322 valence electrons. The minimum atomic E-state index is -2.74. The first-order valence-corrected chi connectivity index (χ1v) is 18.2. The van der Waals surface area contributed by atoms with Gasteiger partial charge in [-0.1, -0.05) is 81.2 Å². The van der Waals surface area contributed by atoms with E-state index < -0.39 is 185 Å². The zero-order valence-corrected chi connectivity index (χ0v) is 33.9. The summed E-state index contributed by atoms with van der Waals surface area (Å²) in [6, 6.07) is -0.00850. The molecule has 0 aromatic heterocycles. The van der Waals surface area contributed by atoms with Crippen LogP contribution in [-0.4, -0.2) is 35.6 Å². The second-order valence-corrected chi connectivity index (χ2v) is 14.8. The van der Waals surface area contributed by atoms with Crippen molar-refractivity contribution in [2.75, 3.05) is 11.9 Å². The smallest absolute Gasteiger partial charge is 0.268 e. The number of hydrogen-bond donors (Lipinski definition) is 0. The monoisotopic (exact) mass is 1020 g/mol. The van der Waals surface area contributed by atoms with Crippen molar-refractivity contribution in [1.82, 2.24) is 4.90 Å². The van der Waals surface area contributed by atoms with Gasteiger partial charge < -0.3 is 14.2 Å². The molecule has 27 heteroatoms. The van der Waals surface area contributed by atoms with Crippen LogP contribution in [0, 0.1) is 64.0 Å². The Balaban J connectivity index is 1.26. The summed E-state index contributed by atoms with van der Waals surface area (Å²) in [5.74, 6) is -44.0. The van der Waals surface area contributed by atoms with E-state index in [0.29, 0.717) is 4.90 Å². The summed E-state index contributed by atoms with van der Waals surface area (Å²) in [4.78, 5) is 51.7. The predicted molar refractivity (Wildman–Crippen MR) is 195 cm³/mol. The molecule has 5 aromatic carbocycles. The maximum absolute atomic E-state index is 15.5. The maximum Gasteiger partial charge on any atom is 0.268 e. The second-order valence-electron chi connectivity index (χ2n) is 12.1. The SMILES string of the molecule is CN1C(=O)c2c(Cl)c(Cl)c(Oc3c(F)c(F)c(Oc4c(F)c(F)c(Oc5c(Cl)c(Cl)c6c(c5Cl)C(=O)N(c5c(F)cc(F)c(Cl)c5F)C6=O)c(F)c4F)c(F)c3F)c(Cl)c2C1=O. The molecular weight excluding hydrogens is 1020 g/mol. The highest BCUT2D eigenvalue weighted by molar-refractivity contribution is 6.52. The highest BCUT2D eigenvalue weighted by atomic mass is 35.5. The Hall–Kier alpha value is -4.96. The van der Waals surface area contributed by atoms with Gasteiger partial charge in [0.2, 0.25) is 69.5 Å². The van der Waals surface area contributed by atoms with Gasteiger partial charge in [-0.3, -0.25) is 24.1 Å². The Morgan fingerprint density at radius 3 is 1.02 bits per heavy atom. The number of ether oxygens (including phenoxy) is 3. The van der Waals surface area contributed by atoms with E-state index in [9.17, 15) is 32.3 Å². The highest BCUT2D eigenvalue weighted by Gasteiger charge is 2.47. The molecule has 4 amide bonds. The van der Waals surface area contributed by atoms with E-state index in [1.165, 1.54) is 0 Å². The van der Waals surface area contributed by atoms with Crippen molar-refractivity contribution in [3.8, 4) is 34.5 Å². The van der Waals surface area contributed by atoms with Gasteiger partial charge in [-0.2, -0.15) is 35.1 Å². The van der Waals surface area contributed by atoms with Gasteiger partial charge >= 0.3 is 0 Å². The van der Waals surface area contributed by atoms with Crippen molar-refractivity contribution in [1.29, 1.82) is 0 Å². The molecule has 2 heterocycles. The van der Waals surface area contributed by atoms with Crippen LogP contribution in [0.5, 0.6) is 34.5 Å². The summed E-state index contributed by atoms with van der Waals surface area (Å²) >= 11 is 41.8. The van der Waals surface area contributed by atoms with Crippen molar-refractivity contribution >= 4 is 111 Å². The molecule has 0 atom stereocenters. The van der Waals surface area contributed by atoms with E-state index in [-0.39, 0.29) is 11.0 Å². The molecule has 5 aromatic rings. The summed E-state index contributed by atoms with van der Waals surface area (Å²) in [5, 5.41) is -7.45. The number of carbonyl (C=O) groups excluding carboxylic acids is 4. The summed E-state index contributed by atoms with van der Waals surface area (Å²) in [6.45, 7) is 0. The summed E-state index contributed by atoms with van der Waals surface area (Å²) in [5.41, 5.74) is -5.00. The number of fused-ring (bicyclic) bond motifs is 2. The van der Waals surface area contributed by atoms with Gasteiger partial charge in [0.1, 0.15) is 26.6 Å². The number of benzene rings is 5. The molecule has 2 aliphatic heterocycles. The standard InChI is InChI=1S/C35H4Cl7F11N2O7/c1-54-32(56)5-7(33(54)57)12(39)26(14(41)10(5)37)60-28-17(46)21(50)30(22(51)18(28)47)62-31-23(52)19(48)29(20(49)24(31)53)61-27-13(40)8-6(11(38)15(27)42)34(58)55(35(8)59)25-4(44)2-3(43)9(36)16(25)45/h2H,1H3. The fraction of sp³-hybridized carbons (Fsp3) is 0.0286. The van der Waals surface area contributed by atoms with Gasteiger partial charge in [0.25, 0.3) is 23.6 Å². The van der Waals surface area contributed by atoms with Gasteiger partial charge in [-0.05, 0) is 0 Å². The summed E-state index contributed by atoms with van der Waals surface area (Å²) in [7, 11) is 0.986. The fourth-order valence-corrected chi connectivity index (χ4v) is 7.65. The maximum atomic E-state index is 15.5. The molecule has 0 N–H and O–H groups in total. The molecule has 0 fully saturated rings. The van der Waals surface area contributed by atoms with E-state index in [2.05, 4.69) is 4.74 Å². The lowest BCUT2D eigenvalue weighted by molar-refractivity contribution is 0.0692. The molecule has 0 saturated heterocycles. The average Bonchev–Trinajstić information content (AvgIpc) is 3.62. The molecule has 2 aliphatic rings.